The van der Waals surface area contributed by atoms with Crippen molar-refractivity contribution in [3.05, 3.63) is 71.3 Å². The molecule has 2 rings (SSSR count). The van der Waals surface area contributed by atoms with E-state index in [-0.39, 0.29) is 12.0 Å². The van der Waals surface area contributed by atoms with Crippen LogP contribution in [0.25, 0.3) is 0 Å². The van der Waals surface area contributed by atoms with Crippen LogP contribution in [-0.4, -0.2) is 25.2 Å². The molecule has 2 atom stereocenters. The number of benzene rings is 2. The van der Waals surface area contributed by atoms with E-state index in [1.165, 1.54) is 16.7 Å². The summed E-state index contributed by atoms with van der Waals surface area (Å²) in [5.41, 5.74) is 9.11. The number of hydrogen-bond donors (Lipinski definition) is 2. The van der Waals surface area contributed by atoms with Crippen molar-refractivity contribution in [2.45, 2.75) is 51.7 Å². The summed E-state index contributed by atoms with van der Waals surface area (Å²) in [7, 11) is 1.75. The van der Waals surface area contributed by atoms with E-state index in [2.05, 4.69) is 74.4 Å². The first kappa shape index (κ1) is 21.0. The Hall–Kier alpha value is -2.33. The van der Waals surface area contributed by atoms with Gasteiger partial charge in [-0.3, -0.25) is 0 Å². The topological polar surface area (TPSA) is 59.6 Å². The molecule has 1 unspecified atom stereocenters. The third-order valence-electron chi connectivity index (χ3n) is 5.10. The van der Waals surface area contributed by atoms with Gasteiger partial charge in [-0.25, -0.2) is 4.99 Å². The second-order valence-electron chi connectivity index (χ2n) is 7.56. The van der Waals surface area contributed by atoms with Crippen molar-refractivity contribution in [3.8, 4) is 0 Å². The van der Waals surface area contributed by atoms with Gasteiger partial charge in [0.2, 0.25) is 0 Å². The summed E-state index contributed by atoms with van der Waals surface area (Å²) in [6, 6.07) is 19.5. The Kier molecular flexibility index (Phi) is 7.43. The third-order valence-corrected chi connectivity index (χ3v) is 5.10. The van der Waals surface area contributed by atoms with Gasteiger partial charge in [-0.2, -0.15) is 0 Å². The molecule has 4 heteroatoms. The van der Waals surface area contributed by atoms with Crippen LogP contribution in [-0.2, 0) is 4.74 Å². The summed E-state index contributed by atoms with van der Waals surface area (Å²) in [6.45, 7) is 9.10. The minimum atomic E-state index is -0.417. The fourth-order valence-electron chi connectivity index (χ4n) is 3.14. The van der Waals surface area contributed by atoms with Gasteiger partial charge in [0.15, 0.2) is 0 Å². The Balaban J connectivity index is 2.14. The fourth-order valence-corrected chi connectivity index (χ4v) is 3.14. The van der Waals surface area contributed by atoms with Gasteiger partial charge in [0.1, 0.15) is 5.60 Å². The molecule has 0 heterocycles. The van der Waals surface area contributed by atoms with Crippen LogP contribution in [0.3, 0.4) is 0 Å². The molecule has 0 radical (unpaired) electrons. The lowest BCUT2D eigenvalue weighted by molar-refractivity contribution is 0.0626. The number of ether oxygens (including phenoxy) is 1. The van der Waals surface area contributed by atoms with Gasteiger partial charge >= 0.3 is 0 Å². The van der Waals surface area contributed by atoms with Crippen LogP contribution in [0.15, 0.2) is 59.6 Å². The molecule has 0 bridgehead atoms. The third kappa shape index (κ3) is 5.83. The molecule has 0 saturated carbocycles. The maximum Gasteiger partial charge on any atom is 0.285 e. The average molecular weight is 368 g/mol. The minimum absolute atomic E-state index is 0.0694. The van der Waals surface area contributed by atoms with E-state index in [0.717, 1.165) is 6.42 Å². The van der Waals surface area contributed by atoms with Gasteiger partial charge < -0.3 is 15.8 Å². The Labute approximate surface area is 163 Å². The number of rotatable bonds is 7. The summed E-state index contributed by atoms with van der Waals surface area (Å²) < 4.78 is 6.34. The zero-order valence-electron chi connectivity index (χ0n) is 17.2. The quantitative estimate of drug-likeness (QED) is 0.557. The molecule has 0 aliphatic heterocycles. The normalized spacial score (nSPS) is 14.5. The summed E-state index contributed by atoms with van der Waals surface area (Å²) >= 11 is 0. The van der Waals surface area contributed by atoms with Crippen LogP contribution < -0.4 is 11.1 Å². The molecule has 27 heavy (non-hydrogen) atoms. The van der Waals surface area contributed by atoms with E-state index in [4.69, 9.17) is 10.5 Å². The molecule has 0 aliphatic carbocycles. The molecule has 0 fully saturated rings. The number of aliphatic imine (C=N–C) groups is 1. The zero-order valence-corrected chi connectivity index (χ0v) is 17.2. The number of nitrogens with zero attached hydrogens (tertiary/aromatic N) is 1. The summed E-state index contributed by atoms with van der Waals surface area (Å²) in [5.74, 6) is 0.209. The standard InChI is InChI=1S/C23H33N3O/c1-17-10-9-13-20(16-17)18(2)23(3,4)27-22(25-5)26-21(14-15-24)19-11-7-6-8-12-19/h6-13,16,18,21H,14-15,24H2,1-5H3,(H,25,26)/t18?,21-/m0/s1. The summed E-state index contributed by atoms with van der Waals surface area (Å²) in [6.07, 6.45) is 0.806. The van der Waals surface area contributed by atoms with Crippen molar-refractivity contribution in [2.24, 2.45) is 10.7 Å². The van der Waals surface area contributed by atoms with Gasteiger partial charge in [-0.1, -0.05) is 67.1 Å². The SMILES string of the molecule is CN=C(N[C@@H](CCN)c1ccccc1)OC(C)(C)C(C)c1cccc(C)c1. The Morgan fingerprint density at radius 3 is 2.37 bits per heavy atom. The van der Waals surface area contributed by atoms with E-state index in [1.54, 1.807) is 7.05 Å². The van der Waals surface area contributed by atoms with Crippen molar-refractivity contribution in [2.75, 3.05) is 13.6 Å². The van der Waals surface area contributed by atoms with Gasteiger partial charge in [0.05, 0.1) is 6.04 Å². The molecule has 0 saturated heterocycles. The molecule has 0 amide bonds. The van der Waals surface area contributed by atoms with Gasteiger partial charge in [0, 0.05) is 13.0 Å². The Morgan fingerprint density at radius 1 is 1.11 bits per heavy atom. The van der Waals surface area contributed by atoms with E-state index >= 15 is 0 Å². The van der Waals surface area contributed by atoms with Crippen LogP contribution in [0.5, 0.6) is 0 Å². The zero-order chi connectivity index (χ0) is 19.9. The maximum atomic E-state index is 6.34. The first-order valence-electron chi connectivity index (χ1n) is 9.61. The van der Waals surface area contributed by atoms with Crippen molar-refractivity contribution < 1.29 is 4.74 Å². The number of nitrogens with two attached hydrogens (primary N) is 1. The highest BCUT2D eigenvalue weighted by atomic mass is 16.5. The van der Waals surface area contributed by atoms with Crippen LogP contribution in [0.2, 0.25) is 0 Å². The average Bonchev–Trinajstić information content (AvgIpc) is 2.66. The molecule has 3 N–H and O–H groups in total. The molecule has 2 aromatic carbocycles. The van der Waals surface area contributed by atoms with E-state index in [9.17, 15) is 0 Å². The monoisotopic (exact) mass is 367 g/mol. The predicted octanol–water partition coefficient (Wildman–Crippen LogP) is 4.56. The number of amidine groups is 1. The number of hydrogen-bond acceptors (Lipinski definition) is 3. The van der Waals surface area contributed by atoms with Crippen LogP contribution in [0, 0.1) is 6.92 Å². The predicted molar refractivity (Wildman–Crippen MR) is 114 cm³/mol. The lowest BCUT2D eigenvalue weighted by atomic mass is 9.85. The molecular weight excluding hydrogens is 334 g/mol. The maximum absolute atomic E-state index is 6.34. The highest BCUT2D eigenvalue weighted by molar-refractivity contribution is 5.74. The summed E-state index contributed by atoms with van der Waals surface area (Å²) in [4.78, 5) is 4.36. The molecule has 4 nitrogen and oxygen atoms in total. The number of aryl methyl sites for hydroxylation is 1. The van der Waals surface area contributed by atoms with E-state index < -0.39 is 5.60 Å². The van der Waals surface area contributed by atoms with Gasteiger partial charge in [-0.05, 0) is 44.9 Å². The number of nitrogens with one attached hydrogen (secondary N) is 1. The molecular formula is C23H33N3O. The first-order valence-corrected chi connectivity index (χ1v) is 9.61. The smallest absolute Gasteiger partial charge is 0.285 e. The molecule has 0 aliphatic rings. The van der Waals surface area contributed by atoms with Crippen LogP contribution in [0.4, 0.5) is 0 Å². The second kappa shape index (κ2) is 9.56. The summed E-state index contributed by atoms with van der Waals surface area (Å²) in [5, 5.41) is 3.44. The highest BCUT2D eigenvalue weighted by Crippen LogP contribution is 2.31. The van der Waals surface area contributed by atoms with Crippen molar-refractivity contribution in [3.63, 3.8) is 0 Å². The first-order chi connectivity index (χ1) is 12.9. The molecule has 146 valence electrons. The largest absolute Gasteiger partial charge is 0.459 e. The lowest BCUT2D eigenvalue weighted by Gasteiger charge is -2.34. The fraction of sp³-hybridized carbons (Fsp3) is 0.435. The highest BCUT2D eigenvalue weighted by Gasteiger charge is 2.31. The van der Waals surface area contributed by atoms with Crippen molar-refractivity contribution in [1.82, 2.24) is 5.32 Å². The van der Waals surface area contributed by atoms with Gasteiger partial charge in [0.25, 0.3) is 6.02 Å². The van der Waals surface area contributed by atoms with Crippen LogP contribution >= 0.6 is 0 Å². The Bertz CT molecular complexity index is 740. The Morgan fingerprint density at radius 2 is 1.78 bits per heavy atom. The van der Waals surface area contributed by atoms with E-state index in [1.807, 2.05) is 18.2 Å². The second-order valence-corrected chi connectivity index (χ2v) is 7.56. The lowest BCUT2D eigenvalue weighted by Crippen LogP contribution is -2.41. The van der Waals surface area contributed by atoms with E-state index in [0.29, 0.717) is 12.6 Å². The molecule has 0 aromatic heterocycles. The minimum Gasteiger partial charge on any atom is -0.459 e. The van der Waals surface area contributed by atoms with Gasteiger partial charge in [-0.15, -0.1) is 0 Å². The van der Waals surface area contributed by atoms with Crippen molar-refractivity contribution >= 4 is 6.02 Å². The van der Waals surface area contributed by atoms with Crippen LogP contribution in [0.1, 0.15) is 55.8 Å². The molecule has 2 aromatic rings. The van der Waals surface area contributed by atoms with Crippen molar-refractivity contribution in [1.29, 1.82) is 0 Å². The molecule has 0 spiro atoms.